The van der Waals surface area contributed by atoms with E-state index < -0.39 is 0 Å². The van der Waals surface area contributed by atoms with Crippen LogP contribution in [0.25, 0.3) is 10.8 Å². The van der Waals surface area contributed by atoms with Crippen LogP contribution in [0, 0.1) is 5.92 Å². The lowest BCUT2D eigenvalue weighted by Crippen LogP contribution is -2.28. The molecule has 1 heterocycles. The molecule has 4 aromatic rings. The van der Waals surface area contributed by atoms with Crippen LogP contribution in [0.3, 0.4) is 0 Å². The van der Waals surface area contributed by atoms with E-state index in [2.05, 4.69) is 24.4 Å². The van der Waals surface area contributed by atoms with Crippen LogP contribution in [0.4, 0.5) is 11.4 Å². The van der Waals surface area contributed by atoms with Gasteiger partial charge in [0.1, 0.15) is 11.5 Å². The van der Waals surface area contributed by atoms with Crippen molar-refractivity contribution < 1.29 is 14.3 Å². The minimum atomic E-state index is -0.383. The Bertz CT molecular complexity index is 1330. The van der Waals surface area contributed by atoms with Crippen LogP contribution >= 0.6 is 0 Å². The fourth-order valence-electron chi connectivity index (χ4n) is 4.26. The molecule has 0 unspecified atom stereocenters. The number of amides is 2. The predicted octanol–water partition coefficient (Wildman–Crippen LogP) is 6.19. The molecule has 170 valence electrons. The lowest BCUT2D eigenvalue weighted by atomic mass is 10.1. The summed E-state index contributed by atoms with van der Waals surface area (Å²) in [6.07, 6.45) is 1.16. The summed E-state index contributed by atoms with van der Waals surface area (Å²) in [5.74, 6) is 0.887. The van der Waals surface area contributed by atoms with Crippen molar-refractivity contribution >= 4 is 34.0 Å². The van der Waals surface area contributed by atoms with Crippen molar-refractivity contribution in [2.24, 2.45) is 5.92 Å². The Kier molecular flexibility index (Phi) is 6.00. The number of nitrogens with zero attached hydrogens (tertiary/aromatic N) is 1. The quantitative estimate of drug-likeness (QED) is 0.381. The standard InChI is InChI=1S/C29H26N2O3/c1-2-20-7-12-25(13-8-20)31-19-23(18-28(31)32)29(33)30-24-10-15-26(16-11-24)34-27-14-9-21-5-3-4-6-22(21)17-27/h3-17,23H,2,18-19H2,1H3,(H,30,33)/t23-/m0/s1. The van der Waals surface area contributed by atoms with E-state index in [0.717, 1.165) is 28.6 Å². The molecule has 1 aliphatic heterocycles. The van der Waals surface area contributed by atoms with Gasteiger partial charge in [-0.15, -0.1) is 0 Å². The molecule has 5 rings (SSSR count). The normalized spacial score (nSPS) is 15.5. The number of hydrogen-bond donors (Lipinski definition) is 1. The monoisotopic (exact) mass is 450 g/mol. The highest BCUT2D eigenvalue weighted by molar-refractivity contribution is 6.03. The van der Waals surface area contributed by atoms with Gasteiger partial charge in [-0.25, -0.2) is 0 Å². The van der Waals surface area contributed by atoms with Crippen LogP contribution in [0.2, 0.25) is 0 Å². The number of hydrogen-bond acceptors (Lipinski definition) is 3. The van der Waals surface area contributed by atoms with Gasteiger partial charge in [-0.05, 0) is 71.3 Å². The lowest BCUT2D eigenvalue weighted by Gasteiger charge is -2.17. The first-order valence-electron chi connectivity index (χ1n) is 11.6. The molecule has 0 spiro atoms. The number of rotatable bonds is 6. The molecule has 0 radical (unpaired) electrons. The maximum atomic E-state index is 12.8. The van der Waals surface area contributed by atoms with E-state index in [4.69, 9.17) is 4.74 Å². The number of aryl methyl sites for hydroxylation is 1. The van der Waals surface area contributed by atoms with Crippen LogP contribution in [0.1, 0.15) is 18.9 Å². The second kappa shape index (κ2) is 9.40. The first-order valence-corrected chi connectivity index (χ1v) is 11.6. The van der Waals surface area contributed by atoms with Crippen molar-refractivity contribution in [1.82, 2.24) is 0 Å². The van der Waals surface area contributed by atoms with Gasteiger partial charge in [0, 0.05) is 24.3 Å². The lowest BCUT2D eigenvalue weighted by molar-refractivity contribution is -0.122. The van der Waals surface area contributed by atoms with Gasteiger partial charge in [0.25, 0.3) is 0 Å². The summed E-state index contributed by atoms with van der Waals surface area (Å²) in [7, 11) is 0. The van der Waals surface area contributed by atoms with Gasteiger partial charge >= 0.3 is 0 Å². The van der Waals surface area contributed by atoms with Gasteiger partial charge in [-0.1, -0.05) is 49.4 Å². The van der Waals surface area contributed by atoms with Gasteiger partial charge in [-0.2, -0.15) is 0 Å². The molecule has 1 atom stereocenters. The second-order valence-corrected chi connectivity index (χ2v) is 8.55. The Morgan fingerprint density at radius 2 is 1.62 bits per heavy atom. The Balaban J connectivity index is 1.20. The van der Waals surface area contributed by atoms with Crippen molar-refractivity contribution in [1.29, 1.82) is 0 Å². The molecule has 5 nitrogen and oxygen atoms in total. The topological polar surface area (TPSA) is 58.6 Å². The van der Waals surface area contributed by atoms with Crippen LogP contribution < -0.4 is 15.0 Å². The molecular formula is C29H26N2O3. The van der Waals surface area contributed by atoms with E-state index in [1.54, 1.807) is 4.90 Å². The Morgan fingerprint density at radius 1 is 0.912 bits per heavy atom. The summed E-state index contributed by atoms with van der Waals surface area (Å²) in [5.41, 5.74) is 2.74. The maximum absolute atomic E-state index is 12.8. The molecular weight excluding hydrogens is 424 g/mol. The summed E-state index contributed by atoms with van der Waals surface area (Å²) < 4.78 is 5.98. The predicted molar refractivity (Wildman–Crippen MR) is 135 cm³/mol. The molecule has 0 saturated carbocycles. The molecule has 34 heavy (non-hydrogen) atoms. The first kappa shape index (κ1) is 21.7. The van der Waals surface area contributed by atoms with E-state index in [0.29, 0.717) is 18.0 Å². The number of benzene rings is 4. The molecule has 4 aromatic carbocycles. The largest absolute Gasteiger partial charge is 0.457 e. The molecule has 2 amide bonds. The molecule has 0 aromatic heterocycles. The number of ether oxygens (including phenoxy) is 1. The van der Waals surface area contributed by atoms with Crippen molar-refractivity contribution in [3.63, 3.8) is 0 Å². The average Bonchev–Trinajstić information content (AvgIpc) is 3.27. The molecule has 1 N–H and O–H groups in total. The zero-order valence-electron chi connectivity index (χ0n) is 19.0. The second-order valence-electron chi connectivity index (χ2n) is 8.55. The molecule has 1 fully saturated rings. The fraction of sp³-hybridized carbons (Fsp3) is 0.172. The third-order valence-corrected chi connectivity index (χ3v) is 6.23. The average molecular weight is 451 g/mol. The summed E-state index contributed by atoms with van der Waals surface area (Å²) in [5, 5.41) is 5.21. The highest BCUT2D eigenvalue weighted by Gasteiger charge is 2.35. The minimum absolute atomic E-state index is 0.0245. The molecule has 5 heteroatoms. The Morgan fingerprint density at radius 3 is 2.35 bits per heavy atom. The van der Waals surface area contributed by atoms with Crippen molar-refractivity contribution in [3.05, 3.63) is 96.6 Å². The highest BCUT2D eigenvalue weighted by atomic mass is 16.5. The zero-order chi connectivity index (χ0) is 23.5. The van der Waals surface area contributed by atoms with E-state index >= 15 is 0 Å². The number of nitrogens with one attached hydrogen (secondary N) is 1. The summed E-state index contributed by atoms with van der Waals surface area (Å²) in [4.78, 5) is 27.0. The molecule has 1 saturated heterocycles. The summed E-state index contributed by atoms with van der Waals surface area (Å²) >= 11 is 0. The van der Waals surface area contributed by atoms with Crippen LogP contribution in [-0.2, 0) is 16.0 Å². The van der Waals surface area contributed by atoms with Crippen molar-refractivity contribution in [3.8, 4) is 11.5 Å². The number of fused-ring (bicyclic) bond motifs is 1. The van der Waals surface area contributed by atoms with E-state index in [-0.39, 0.29) is 24.2 Å². The fourth-order valence-corrected chi connectivity index (χ4v) is 4.26. The first-order chi connectivity index (χ1) is 16.6. The Labute approximate surface area is 199 Å². The summed E-state index contributed by atoms with van der Waals surface area (Å²) in [6.45, 7) is 2.48. The summed E-state index contributed by atoms with van der Waals surface area (Å²) in [6, 6.07) is 29.3. The van der Waals surface area contributed by atoms with Gasteiger partial charge in [0.05, 0.1) is 5.92 Å². The molecule has 0 bridgehead atoms. The Hall–Kier alpha value is -4.12. The van der Waals surface area contributed by atoms with Gasteiger partial charge in [0.2, 0.25) is 11.8 Å². The SMILES string of the molecule is CCc1ccc(N2C[C@@H](C(=O)Nc3ccc(Oc4ccc5ccccc5c4)cc3)CC2=O)cc1. The number of carbonyl (C=O) groups is 2. The van der Waals surface area contributed by atoms with E-state index in [1.165, 1.54) is 5.56 Å². The van der Waals surface area contributed by atoms with Crippen LogP contribution in [0.15, 0.2) is 91.0 Å². The van der Waals surface area contributed by atoms with Crippen molar-refractivity contribution in [2.45, 2.75) is 19.8 Å². The third-order valence-electron chi connectivity index (χ3n) is 6.23. The molecule has 0 aliphatic carbocycles. The van der Waals surface area contributed by atoms with E-state index in [9.17, 15) is 9.59 Å². The van der Waals surface area contributed by atoms with Gasteiger partial charge < -0.3 is 15.0 Å². The zero-order valence-corrected chi connectivity index (χ0v) is 19.0. The van der Waals surface area contributed by atoms with Gasteiger partial charge in [-0.3, -0.25) is 9.59 Å². The van der Waals surface area contributed by atoms with Crippen LogP contribution in [-0.4, -0.2) is 18.4 Å². The minimum Gasteiger partial charge on any atom is -0.457 e. The number of anilines is 2. The number of carbonyl (C=O) groups excluding carboxylic acids is 2. The molecule has 1 aliphatic rings. The van der Waals surface area contributed by atoms with E-state index in [1.807, 2.05) is 78.9 Å². The van der Waals surface area contributed by atoms with Crippen molar-refractivity contribution in [2.75, 3.05) is 16.8 Å². The third kappa shape index (κ3) is 4.64. The van der Waals surface area contributed by atoms with Crippen LogP contribution in [0.5, 0.6) is 11.5 Å². The van der Waals surface area contributed by atoms with Gasteiger partial charge in [0.15, 0.2) is 0 Å². The maximum Gasteiger partial charge on any atom is 0.229 e. The smallest absolute Gasteiger partial charge is 0.229 e. The highest BCUT2D eigenvalue weighted by Crippen LogP contribution is 2.28.